The molecular formula is C16H20N2O3. The first-order valence-electron chi connectivity index (χ1n) is 7.06. The molecule has 21 heavy (non-hydrogen) atoms. The molecule has 1 fully saturated rings. The van der Waals surface area contributed by atoms with Crippen LogP contribution in [0, 0.1) is 5.92 Å². The number of primary amides is 1. The molecule has 1 aliphatic heterocycles. The minimum atomic E-state index is -0.682. The SMILES string of the molecule is NC(=O)[C@@H](C/C=C/c1ccccc1)NC(=O)[C@@H]1CCOC1. The minimum Gasteiger partial charge on any atom is -0.381 e. The summed E-state index contributed by atoms with van der Waals surface area (Å²) in [5, 5.41) is 2.70. The molecule has 2 rings (SSSR count). The van der Waals surface area contributed by atoms with Gasteiger partial charge in [-0.15, -0.1) is 0 Å². The summed E-state index contributed by atoms with van der Waals surface area (Å²) < 4.78 is 5.17. The van der Waals surface area contributed by atoms with Gasteiger partial charge in [0, 0.05) is 6.61 Å². The fourth-order valence-electron chi connectivity index (χ4n) is 2.18. The van der Waals surface area contributed by atoms with Gasteiger partial charge in [0.05, 0.1) is 12.5 Å². The second-order valence-electron chi connectivity index (χ2n) is 5.07. The van der Waals surface area contributed by atoms with Gasteiger partial charge in [-0.3, -0.25) is 9.59 Å². The molecule has 0 unspecified atom stereocenters. The summed E-state index contributed by atoms with van der Waals surface area (Å²) in [5.41, 5.74) is 6.38. The Bertz CT molecular complexity index is 508. The Morgan fingerprint density at radius 3 is 2.76 bits per heavy atom. The van der Waals surface area contributed by atoms with Gasteiger partial charge < -0.3 is 15.8 Å². The third-order valence-electron chi connectivity index (χ3n) is 3.44. The van der Waals surface area contributed by atoms with Crippen molar-refractivity contribution in [2.24, 2.45) is 11.7 Å². The van der Waals surface area contributed by atoms with Crippen molar-refractivity contribution in [2.45, 2.75) is 18.9 Å². The molecule has 5 heteroatoms. The van der Waals surface area contributed by atoms with Crippen molar-refractivity contribution in [1.29, 1.82) is 0 Å². The van der Waals surface area contributed by atoms with Gasteiger partial charge in [0.1, 0.15) is 6.04 Å². The average molecular weight is 288 g/mol. The molecule has 1 aromatic rings. The summed E-state index contributed by atoms with van der Waals surface area (Å²) in [6.07, 6.45) is 4.82. The first-order chi connectivity index (χ1) is 10.2. The van der Waals surface area contributed by atoms with Crippen LogP contribution in [0.2, 0.25) is 0 Å². The lowest BCUT2D eigenvalue weighted by molar-refractivity contribution is -0.129. The third kappa shape index (κ3) is 4.72. The second kappa shape index (κ2) is 7.59. The molecule has 2 amide bonds. The molecule has 1 heterocycles. The minimum absolute atomic E-state index is 0.163. The summed E-state index contributed by atoms with van der Waals surface area (Å²) in [7, 11) is 0. The fraction of sp³-hybridized carbons (Fsp3) is 0.375. The van der Waals surface area contributed by atoms with Crippen LogP contribution in [0.15, 0.2) is 36.4 Å². The van der Waals surface area contributed by atoms with E-state index in [9.17, 15) is 9.59 Å². The van der Waals surface area contributed by atoms with E-state index in [0.29, 0.717) is 26.1 Å². The number of nitrogens with two attached hydrogens (primary N) is 1. The summed E-state index contributed by atoms with van der Waals surface area (Å²) in [6, 6.07) is 9.06. The van der Waals surface area contributed by atoms with E-state index in [1.807, 2.05) is 42.5 Å². The molecule has 0 radical (unpaired) electrons. The van der Waals surface area contributed by atoms with E-state index >= 15 is 0 Å². The Kier molecular flexibility index (Phi) is 5.51. The molecule has 1 aromatic carbocycles. The molecule has 1 saturated heterocycles. The van der Waals surface area contributed by atoms with Crippen LogP contribution in [0.3, 0.4) is 0 Å². The Labute approximate surface area is 124 Å². The van der Waals surface area contributed by atoms with Crippen molar-refractivity contribution in [2.75, 3.05) is 13.2 Å². The molecule has 1 aliphatic rings. The van der Waals surface area contributed by atoms with Gasteiger partial charge in [-0.25, -0.2) is 0 Å². The van der Waals surface area contributed by atoms with Crippen LogP contribution >= 0.6 is 0 Å². The van der Waals surface area contributed by atoms with Gasteiger partial charge >= 0.3 is 0 Å². The number of carbonyl (C=O) groups excluding carboxylic acids is 2. The van der Waals surface area contributed by atoms with Gasteiger partial charge in [0.15, 0.2) is 0 Å². The van der Waals surface area contributed by atoms with Gasteiger partial charge in [-0.2, -0.15) is 0 Å². The predicted molar refractivity (Wildman–Crippen MR) is 80.1 cm³/mol. The molecule has 0 aromatic heterocycles. The molecule has 2 atom stereocenters. The number of hydrogen-bond donors (Lipinski definition) is 2. The largest absolute Gasteiger partial charge is 0.381 e. The number of carbonyl (C=O) groups is 2. The van der Waals surface area contributed by atoms with Crippen LogP contribution in [0.1, 0.15) is 18.4 Å². The molecule has 3 N–H and O–H groups in total. The van der Waals surface area contributed by atoms with Crippen molar-refractivity contribution in [3.8, 4) is 0 Å². The lowest BCUT2D eigenvalue weighted by Crippen LogP contribution is -2.46. The van der Waals surface area contributed by atoms with E-state index < -0.39 is 11.9 Å². The number of benzene rings is 1. The Hall–Kier alpha value is -2.14. The van der Waals surface area contributed by atoms with Crippen LogP contribution in [0.5, 0.6) is 0 Å². The normalized spacial score (nSPS) is 19.5. The highest BCUT2D eigenvalue weighted by atomic mass is 16.5. The summed E-state index contributed by atoms with van der Waals surface area (Å²) in [4.78, 5) is 23.4. The number of nitrogens with one attached hydrogen (secondary N) is 1. The maximum Gasteiger partial charge on any atom is 0.240 e. The van der Waals surface area contributed by atoms with Crippen molar-refractivity contribution in [1.82, 2.24) is 5.32 Å². The van der Waals surface area contributed by atoms with E-state index in [0.717, 1.165) is 5.56 Å². The van der Waals surface area contributed by atoms with Crippen molar-refractivity contribution < 1.29 is 14.3 Å². The highest BCUT2D eigenvalue weighted by Crippen LogP contribution is 2.13. The summed E-state index contributed by atoms with van der Waals surface area (Å²) >= 11 is 0. The summed E-state index contributed by atoms with van der Waals surface area (Å²) in [6.45, 7) is 1.00. The van der Waals surface area contributed by atoms with Crippen molar-refractivity contribution in [3.05, 3.63) is 42.0 Å². The van der Waals surface area contributed by atoms with Gasteiger partial charge in [-0.05, 0) is 18.4 Å². The smallest absolute Gasteiger partial charge is 0.240 e. The average Bonchev–Trinajstić information content (AvgIpc) is 3.01. The topological polar surface area (TPSA) is 81.4 Å². The molecular weight excluding hydrogens is 268 g/mol. The van der Waals surface area contributed by atoms with Gasteiger partial charge in [-0.1, -0.05) is 42.5 Å². The first kappa shape index (κ1) is 15.3. The van der Waals surface area contributed by atoms with Crippen LogP contribution < -0.4 is 11.1 Å². The quantitative estimate of drug-likeness (QED) is 0.822. The summed E-state index contributed by atoms with van der Waals surface area (Å²) in [5.74, 6) is -0.866. The van der Waals surface area contributed by atoms with E-state index in [-0.39, 0.29) is 11.8 Å². The number of amides is 2. The van der Waals surface area contributed by atoms with E-state index in [1.54, 1.807) is 0 Å². The van der Waals surface area contributed by atoms with E-state index in [1.165, 1.54) is 0 Å². The molecule has 5 nitrogen and oxygen atoms in total. The highest BCUT2D eigenvalue weighted by Gasteiger charge is 2.26. The maximum absolute atomic E-state index is 12.0. The molecule has 0 saturated carbocycles. The van der Waals surface area contributed by atoms with Crippen molar-refractivity contribution in [3.63, 3.8) is 0 Å². The van der Waals surface area contributed by atoms with Crippen LogP contribution in [0.25, 0.3) is 6.08 Å². The van der Waals surface area contributed by atoms with Crippen molar-refractivity contribution >= 4 is 17.9 Å². The number of ether oxygens (including phenoxy) is 1. The molecule has 0 bridgehead atoms. The van der Waals surface area contributed by atoms with Crippen LogP contribution in [-0.4, -0.2) is 31.1 Å². The standard InChI is InChI=1S/C16H20N2O3/c17-15(19)14(18-16(20)13-9-10-21-11-13)8-4-7-12-5-2-1-3-6-12/h1-7,13-14H,8-11H2,(H2,17,19)(H,18,20)/b7-4+/t13-,14-/m1/s1. The highest BCUT2D eigenvalue weighted by molar-refractivity contribution is 5.87. The number of hydrogen-bond acceptors (Lipinski definition) is 3. The zero-order chi connectivity index (χ0) is 15.1. The van der Waals surface area contributed by atoms with Gasteiger partial charge in [0.2, 0.25) is 11.8 Å². The Morgan fingerprint density at radius 1 is 1.38 bits per heavy atom. The fourth-order valence-corrected chi connectivity index (χ4v) is 2.18. The molecule has 0 aliphatic carbocycles. The predicted octanol–water partition coefficient (Wildman–Crippen LogP) is 1.10. The van der Waals surface area contributed by atoms with E-state index in [2.05, 4.69) is 5.32 Å². The first-order valence-corrected chi connectivity index (χ1v) is 7.06. The number of rotatable bonds is 6. The van der Waals surface area contributed by atoms with Crippen LogP contribution in [-0.2, 0) is 14.3 Å². The molecule has 112 valence electrons. The maximum atomic E-state index is 12.0. The zero-order valence-corrected chi connectivity index (χ0v) is 11.8. The van der Waals surface area contributed by atoms with Crippen LogP contribution in [0.4, 0.5) is 0 Å². The lowest BCUT2D eigenvalue weighted by atomic mass is 10.1. The Balaban J connectivity index is 1.88. The zero-order valence-electron chi connectivity index (χ0n) is 11.8. The van der Waals surface area contributed by atoms with Gasteiger partial charge in [0.25, 0.3) is 0 Å². The van der Waals surface area contributed by atoms with E-state index in [4.69, 9.17) is 10.5 Å². The Morgan fingerprint density at radius 2 is 2.14 bits per heavy atom. The monoisotopic (exact) mass is 288 g/mol. The molecule has 0 spiro atoms. The third-order valence-corrected chi connectivity index (χ3v) is 3.44. The lowest BCUT2D eigenvalue weighted by Gasteiger charge is -2.16. The second-order valence-corrected chi connectivity index (χ2v) is 5.07.